The Kier molecular flexibility index (Phi) is 18.3. The molecule has 0 bridgehead atoms. The van der Waals surface area contributed by atoms with Gasteiger partial charge in [-0.1, -0.05) is 93.7 Å². The normalized spacial score (nSPS) is 11.1. The topological polar surface area (TPSA) is 80.4 Å². The highest BCUT2D eigenvalue weighted by molar-refractivity contribution is 5.92. The summed E-state index contributed by atoms with van der Waals surface area (Å²) in [6.07, 6.45) is 23.3. The Morgan fingerprint density at radius 2 is 1.38 bits per heavy atom. The molecule has 0 aliphatic carbocycles. The van der Waals surface area contributed by atoms with Gasteiger partial charge >= 0.3 is 5.97 Å². The SMILES string of the molecule is CCCCC=CC=CC=CCCCCCCCC(=O)O.NC(=O)c1ccccc1. The maximum absolute atomic E-state index is 10.4. The van der Waals surface area contributed by atoms with Gasteiger partial charge in [-0.05, 0) is 37.8 Å². The molecule has 0 heterocycles. The van der Waals surface area contributed by atoms with Gasteiger partial charge in [0.1, 0.15) is 0 Å². The van der Waals surface area contributed by atoms with Crippen molar-refractivity contribution >= 4 is 11.9 Å². The van der Waals surface area contributed by atoms with Crippen LogP contribution in [0.4, 0.5) is 0 Å². The summed E-state index contributed by atoms with van der Waals surface area (Å²) in [5, 5.41) is 8.50. The van der Waals surface area contributed by atoms with Crippen LogP contribution in [0.15, 0.2) is 66.8 Å². The van der Waals surface area contributed by atoms with Crippen LogP contribution >= 0.6 is 0 Å². The fraction of sp³-hybridized carbons (Fsp3) is 0.440. The molecule has 0 radical (unpaired) electrons. The number of aliphatic carboxylic acids is 1. The molecule has 0 aliphatic rings. The number of carboxylic acids is 1. The van der Waals surface area contributed by atoms with Gasteiger partial charge in [0.2, 0.25) is 5.91 Å². The van der Waals surface area contributed by atoms with E-state index in [0.29, 0.717) is 12.0 Å². The molecule has 1 aromatic carbocycles. The quantitative estimate of drug-likeness (QED) is 0.279. The van der Waals surface area contributed by atoms with Crippen LogP contribution in [0.1, 0.15) is 81.5 Å². The minimum Gasteiger partial charge on any atom is -0.481 e. The third-order valence-corrected chi connectivity index (χ3v) is 4.15. The fourth-order valence-corrected chi connectivity index (χ4v) is 2.47. The van der Waals surface area contributed by atoms with Gasteiger partial charge in [0.15, 0.2) is 0 Å². The first-order chi connectivity index (χ1) is 14.1. The zero-order valence-corrected chi connectivity index (χ0v) is 17.8. The Balaban J connectivity index is 0.000000717. The average Bonchev–Trinajstić information content (AvgIpc) is 2.72. The molecule has 0 saturated carbocycles. The van der Waals surface area contributed by atoms with Crippen molar-refractivity contribution < 1.29 is 14.7 Å². The standard InChI is InChI=1S/C18H30O2.C7H7NO/c1-2-3-4-5-6-7-8-9-10-11-12-13-14-15-16-17-18(19)20;8-7(9)6-4-2-1-3-5-6/h5-10H,2-4,11-17H2,1H3,(H,19,20);1-5H,(H2,8,9). The lowest BCUT2D eigenvalue weighted by Gasteiger charge is -1.97. The second-order valence-electron chi connectivity index (χ2n) is 6.81. The Morgan fingerprint density at radius 3 is 1.90 bits per heavy atom. The number of unbranched alkanes of at least 4 members (excludes halogenated alkanes) is 7. The maximum atomic E-state index is 10.4. The Morgan fingerprint density at radius 1 is 0.828 bits per heavy atom. The van der Waals surface area contributed by atoms with E-state index in [2.05, 4.69) is 43.4 Å². The van der Waals surface area contributed by atoms with Gasteiger partial charge in [-0.2, -0.15) is 0 Å². The van der Waals surface area contributed by atoms with Crippen molar-refractivity contribution in [2.45, 2.75) is 71.1 Å². The molecular formula is C25H37NO3. The van der Waals surface area contributed by atoms with E-state index in [1.165, 1.54) is 32.1 Å². The van der Waals surface area contributed by atoms with Gasteiger partial charge in [-0.3, -0.25) is 9.59 Å². The van der Waals surface area contributed by atoms with Crippen LogP contribution in [-0.4, -0.2) is 17.0 Å². The van der Waals surface area contributed by atoms with Gasteiger partial charge in [0.25, 0.3) is 0 Å². The highest BCUT2D eigenvalue weighted by atomic mass is 16.4. The van der Waals surface area contributed by atoms with E-state index in [1.54, 1.807) is 24.3 Å². The lowest BCUT2D eigenvalue weighted by atomic mass is 10.1. The molecular weight excluding hydrogens is 362 g/mol. The molecule has 0 atom stereocenters. The van der Waals surface area contributed by atoms with E-state index in [-0.39, 0.29) is 5.91 Å². The number of primary amides is 1. The molecule has 0 saturated heterocycles. The molecule has 0 fully saturated rings. The fourth-order valence-electron chi connectivity index (χ4n) is 2.47. The summed E-state index contributed by atoms with van der Waals surface area (Å²) in [6.45, 7) is 2.21. The third-order valence-electron chi connectivity index (χ3n) is 4.15. The summed E-state index contributed by atoms with van der Waals surface area (Å²) in [7, 11) is 0. The number of hydrogen-bond acceptors (Lipinski definition) is 2. The number of benzene rings is 1. The van der Waals surface area contributed by atoms with E-state index in [0.717, 1.165) is 25.7 Å². The Bertz CT molecular complexity index is 618. The first-order valence-corrected chi connectivity index (χ1v) is 10.6. The van der Waals surface area contributed by atoms with E-state index in [1.807, 2.05) is 6.07 Å². The number of allylic oxidation sites excluding steroid dienone is 6. The van der Waals surface area contributed by atoms with Gasteiger partial charge in [-0.15, -0.1) is 0 Å². The molecule has 1 amide bonds. The van der Waals surface area contributed by atoms with Gasteiger partial charge in [0, 0.05) is 12.0 Å². The molecule has 0 unspecified atom stereocenters. The van der Waals surface area contributed by atoms with Crippen LogP contribution in [0.5, 0.6) is 0 Å². The predicted molar refractivity (Wildman–Crippen MR) is 122 cm³/mol. The van der Waals surface area contributed by atoms with Crippen LogP contribution in [-0.2, 0) is 4.79 Å². The molecule has 1 aromatic rings. The largest absolute Gasteiger partial charge is 0.481 e. The smallest absolute Gasteiger partial charge is 0.303 e. The summed E-state index contributed by atoms with van der Waals surface area (Å²) in [6, 6.07) is 8.76. The van der Waals surface area contributed by atoms with Crippen molar-refractivity contribution in [2.75, 3.05) is 0 Å². The number of carboxylic acid groups (broad SMARTS) is 1. The Hall–Kier alpha value is -2.62. The first kappa shape index (κ1) is 26.4. The minimum atomic E-state index is -0.677. The molecule has 0 aromatic heterocycles. The van der Waals surface area contributed by atoms with E-state index >= 15 is 0 Å². The summed E-state index contributed by atoms with van der Waals surface area (Å²) in [5.41, 5.74) is 5.53. The second-order valence-corrected chi connectivity index (χ2v) is 6.81. The van der Waals surface area contributed by atoms with Crippen LogP contribution in [0.2, 0.25) is 0 Å². The van der Waals surface area contributed by atoms with E-state index in [9.17, 15) is 9.59 Å². The van der Waals surface area contributed by atoms with Crippen molar-refractivity contribution in [2.24, 2.45) is 5.73 Å². The summed E-state index contributed by atoms with van der Waals surface area (Å²) in [5.74, 6) is -1.06. The second kappa shape index (κ2) is 20.1. The first-order valence-electron chi connectivity index (χ1n) is 10.6. The van der Waals surface area contributed by atoms with E-state index in [4.69, 9.17) is 10.8 Å². The molecule has 0 spiro atoms. The van der Waals surface area contributed by atoms with Crippen molar-refractivity contribution in [3.63, 3.8) is 0 Å². The van der Waals surface area contributed by atoms with Crippen LogP contribution in [0, 0.1) is 0 Å². The molecule has 4 heteroatoms. The zero-order valence-electron chi connectivity index (χ0n) is 17.8. The summed E-state index contributed by atoms with van der Waals surface area (Å²) in [4.78, 5) is 20.7. The maximum Gasteiger partial charge on any atom is 0.303 e. The van der Waals surface area contributed by atoms with E-state index < -0.39 is 5.97 Å². The molecule has 3 N–H and O–H groups in total. The molecule has 160 valence electrons. The van der Waals surface area contributed by atoms with Crippen LogP contribution < -0.4 is 5.73 Å². The molecule has 4 nitrogen and oxygen atoms in total. The molecule has 0 aliphatic heterocycles. The number of amides is 1. The highest BCUT2D eigenvalue weighted by Gasteiger charge is 1.95. The van der Waals surface area contributed by atoms with Crippen molar-refractivity contribution in [1.82, 2.24) is 0 Å². The monoisotopic (exact) mass is 399 g/mol. The number of nitrogens with two attached hydrogens (primary N) is 1. The third kappa shape index (κ3) is 19.9. The van der Waals surface area contributed by atoms with Crippen LogP contribution in [0.25, 0.3) is 0 Å². The molecule has 29 heavy (non-hydrogen) atoms. The van der Waals surface area contributed by atoms with Gasteiger partial charge < -0.3 is 10.8 Å². The zero-order chi connectivity index (χ0) is 21.6. The van der Waals surface area contributed by atoms with Crippen molar-refractivity contribution in [3.05, 3.63) is 72.4 Å². The summed E-state index contributed by atoms with van der Waals surface area (Å²) < 4.78 is 0. The number of hydrogen-bond donors (Lipinski definition) is 2. The Labute approximate surface area is 176 Å². The van der Waals surface area contributed by atoms with Crippen molar-refractivity contribution in [3.8, 4) is 0 Å². The average molecular weight is 400 g/mol. The highest BCUT2D eigenvalue weighted by Crippen LogP contribution is 2.07. The lowest BCUT2D eigenvalue weighted by Crippen LogP contribution is -2.09. The number of rotatable bonds is 14. The number of carbonyl (C=O) groups is 2. The minimum absolute atomic E-state index is 0.316. The van der Waals surface area contributed by atoms with Crippen LogP contribution in [0.3, 0.4) is 0 Å². The number of carbonyl (C=O) groups excluding carboxylic acids is 1. The van der Waals surface area contributed by atoms with Crippen molar-refractivity contribution in [1.29, 1.82) is 0 Å². The van der Waals surface area contributed by atoms with Gasteiger partial charge in [-0.25, -0.2) is 0 Å². The summed E-state index contributed by atoms with van der Waals surface area (Å²) >= 11 is 0. The molecule has 1 rings (SSSR count). The van der Waals surface area contributed by atoms with Gasteiger partial charge in [0.05, 0.1) is 0 Å². The lowest BCUT2D eigenvalue weighted by molar-refractivity contribution is -0.137. The predicted octanol–water partition coefficient (Wildman–Crippen LogP) is 6.45.